The Hall–Kier alpha value is -1.86. The number of benzene rings is 1. The van der Waals surface area contributed by atoms with Crippen LogP contribution < -0.4 is 5.32 Å². The van der Waals surface area contributed by atoms with Crippen molar-refractivity contribution in [3.8, 4) is 6.07 Å². The number of nitrogens with zero attached hydrogens (tertiary/aromatic N) is 2. The molecule has 0 saturated carbocycles. The summed E-state index contributed by atoms with van der Waals surface area (Å²) in [4.78, 5) is 14.1. The molecule has 1 amide bonds. The number of nitrogens with one attached hydrogen (secondary N) is 1. The zero-order chi connectivity index (χ0) is 12.1. The van der Waals surface area contributed by atoms with Crippen LogP contribution in [0.25, 0.3) is 0 Å². The highest BCUT2D eigenvalue weighted by atomic mass is 16.2. The van der Waals surface area contributed by atoms with Crippen LogP contribution in [0.4, 0.5) is 0 Å². The Balaban J connectivity index is 2.15. The van der Waals surface area contributed by atoms with Crippen molar-refractivity contribution >= 4 is 5.91 Å². The lowest BCUT2D eigenvalue weighted by Crippen LogP contribution is -2.34. The van der Waals surface area contributed by atoms with Gasteiger partial charge in [0, 0.05) is 25.2 Å². The number of amides is 1. The predicted molar refractivity (Wildman–Crippen MR) is 64.5 cm³/mol. The van der Waals surface area contributed by atoms with Crippen LogP contribution in [0.3, 0.4) is 0 Å². The molecular weight excluding hydrogens is 214 g/mol. The molecule has 1 saturated heterocycles. The summed E-state index contributed by atoms with van der Waals surface area (Å²) < 4.78 is 0. The van der Waals surface area contributed by atoms with Crippen molar-refractivity contribution in [2.75, 3.05) is 26.2 Å². The smallest absolute Gasteiger partial charge is 0.253 e. The molecule has 1 aromatic carbocycles. The number of rotatable bonds is 1. The number of hydrogen-bond donors (Lipinski definition) is 1. The molecule has 88 valence electrons. The Morgan fingerprint density at radius 3 is 3.06 bits per heavy atom. The van der Waals surface area contributed by atoms with E-state index in [0.717, 1.165) is 32.6 Å². The molecular formula is C13H15N3O. The zero-order valence-electron chi connectivity index (χ0n) is 9.65. The van der Waals surface area contributed by atoms with Gasteiger partial charge in [-0.25, -0.2) is 0 Å². The highest BCUT2D eigenvalue weighted by Gasteiger charge is 2.16. The minimum atomic E-state index is 0.0193. The molecule has 0 bridgehead atoms. The summed E-state index contributed by atoms with van der Waals surface area (Å²) >= 11 is 0. The number of carbonyl (C=O) groups is 1. The molecule has 0 spiro atoms. The molecule has 0 atom stereocenters. The van der Waals surface area contributed by atoms with Crippen LogP contribution in [0.15, 0.2) is 24.3 Å². The molecule has 0 radical (unpaired) electrons. The van der Waals surface area contributed by atoms with E-state index in [9.17, 15) is 4.79 Å². The van der Waals surface area contributed by atoms with Crippen molar-refractivity contribution in [2.24, 2.45) is 0 Å². The highest BCUT2D eigenvalue weighted by molar-refractivity contribution is 5.94. The van der Waals surface area contributed by atoms with Crippen molar-refractivity contribution < 1.29 is 4.79 Å². The molecule has 4 nitrogen and oxygen atoms in total. The molecule has 1 N–H and O–H groups in total. The third kappa shape index (κ3) is 2.83. The first-order chi connectivity index (χ1) is 8.31. The summed E-state index contributed by atoms with van der Waals surface area (Å²) in [6.07, 6.45) is 0.976. The maximum absolute atomic E-state index is 12.2. The van der Waals surface area contributed by atoms with Crippen LogP contribution in [-0.2, 0) is 0 Å². The van der Waals surface area contributed by atoms with Crippen molar-refractivity contribution in [3.63, 3.8) is 0 Å². The molecule has 4 heteroatoms. The lowest BCUT2D eigenvalue weighted by atomic mass is 10.1. The third-order valence-electron chi connectivity index (χ3n) is 2.87. The van der Waals surface area contributed by atoms with Gasteiger partial charge in [-0.15, -0.1) is 0 Å². The molecule has 0 aliphatic carbocycles. The Labute approximate surface area is 101 Å². The predicted octanol–water partition coefficient (Wildman–Crippen LogP) is 0.994. The van der Waals surface area contributed by atoms with Crippen LogP contribution in [0.2, 0.25) is 0 Å². The fourth-order valence-electron chi connectivity index (χ4n) is 1.95. The van der Waals surface area contributed by atoms with Crippen LogP contribution in [-0.4, -0.2) is 37.0 Å². The van der Waals surface area contributed by atoms with Gasteiger partial charge < -0.3 is 10.2 Å². The van der Waals surface area contributed by atoms with Crippen LogP contribution in [0, 0.1) is 11.3 Å². The van der Waals surface area contributed by atoms with Crippen LogP contribution in [0.5, 0.6) is 0 Å². The van der Waals surface area contributed by atoms with E-state index in [2.05, 4.69) is 11.4 Å². The van der Waals surface area contributed by atoms with Crippen molar-refractivity contribution in [1.82, 2.24) is 10.2 Å². The van der Waals surface area contributed by atoms with E-state index in [1.807, 2.05) is 4.90 Å². The van der Waals surface area contributed by atoms with Gasteiger partial charge >= 0.3 is 0 Å². The van der Waals surface area contributed by atoms with Crippen LogP contribution in [0.1, 0.15) is 22.3 Å². The monoisotopic (exact) mass is 229 g/mol. The lowest BCUT2D eigenvalue weighted by molar-refractivity contribution is 0.0766. The number of hydrogen-bond acceptors (Lipinski definition) is 3. The van der Waals surface area contributed by atoms with E-state index in [4.69, 9.17) is 5.26 Å². The molecule has 1 aromatic rings. The van der Waals surface area contributed by atoms with Gasteiger partial charge in [0.1, 0.15) is 0 Å². The molecule has 1 heterocycles. The fraction of sp³-hybridized carbons (Fsp3) is 0.385. The van der Waals surface area contributed by atoms with Gasteiger partial charge in [-0.2, -0.15) is 5.26 Å². The van der Waals surface area contributed by atoms with E-state index in [1.165, 1.54) is 0 Å². The fourth-order valence-corrected chi connectivity index (χ4v) is 1.95. The normalized spacial score (nSPS) is 16.1. The van der Waals surface area contributed by atoms with E-state index >= 15 is 0 Å². The first kappa shape index (κ1) is 11.6. The summed E-state index contributed by atoms with van der Waals surface area (Å²) in [5.41, 5.74) is 1.13. The molecule has 1 aliphatic heterocycles. The van der Waals surface area contributed by atoms with Crippen molar-refractivity contribution in [2.45, 2.75) is 6.42 Å². The summed E-state index contributed by atoms with van der Waals surface area (Å²) in [7, 11) is 0. The molecule has 0 aromatic heterocycles. The second-order valence-electron chi connectivity index (χ2n) is 4.09. The van der Waals surface area contributed by atoms with E-state index < -0.39 is 0 Å². The summed E-state index contributed by atoms with van der Waals surface area (Å²) in [5.74, 6) is 0.0193. The van der Waals surface area contributed by atoms with Crippen molar-refractivity contribution in [1.29, 1.82) is 5.26 Å². The second kappa shape index (κ2) is 5.46. The maximum atomic E-state index is 12.2. The quantitative estimate of drug-likeness (QED) is 0.781. The molecule has 0 unspecified atom stereocenters. The standard InChI is InChI=1S/C13H15N3O/c14-10-11-3-1-4-12(9-11)13(17)16-7-2-5-15-6-8-16/h1,3-4,9,15H,2,5-8H2. The van der Waals surface area contributed by atoms with E-state index in [-0.39, 0.29) is 5.91 Å². The largest absolute Gasteiger partial charge is 0.337 e. The summed E-state index contributed by atoms with van der Waals surface area (Å²) in [5, 5.41) is 12.1. The Bertz CT molecular complexity index is 442. The van der Waals surface area contributed by atoms with Gasteiger partial charge in [0.05, 0.1) is 11.6 Å². The summed E-state index contributed by atoms with van der Waals surface area (Å²) in [6, 6.07) is 8.93. The van der Waals surface area contributed by atoms with Gasteiger partial charge in [0.15, 0.2) is 0 Å². The average Bonchev–Trinajstić information content (AvgIpc) is 2.67. The van der Waals surface area contributed by atoms with Crippen molar-refractivity contribution in [3.05, 3.63) is 35.4 Å². The number of nitriles is 1. The van der Waals surface area contributed by atoms with E-state index in [1.54, 1.807) is 24.3 Å². The minimum absolute atomic E-state index is 0.0193. The maximum Gasteiger partial charge on any atom is 0.253 e. The van der Waals surface area contributed by atoms with Gasteiger partial charge in [0.2, 0.25) is 0 Å². The Morgan fingerprint density at radius 1 is 1.35 bits per heavy atom. The first-order valence-corrected chi connectivity index (χ1v) is 5.81. The zero-order valence-corrected chi connectivity index (χ0v) is 9.65. The second-order valence-corrected chi connectivity index (χ2v) is 4.09. The molecule has 1 fully saturated rings. The summed E-state index contributed by atoms with van der Waals surface area (Å²) in [6.45, 7) is 3.31. The number of carbonyl (C=O) groups excluding carboxylic acids is 1. The first-order valence-electron chi connectivity index (χ1n) is 5.81. The Kier molecular flexibility index (Phi) is 3.73. The third-order valence-corrected chi connectivity index (χ3v) is 2.87. The molecule has 2 rings (SSSR count). The van der Waals surface area contributed by atoms with E-state index in [0.29, 0.717) is 11.1 Å². The van der Waals surface area contributed by atoms with Gasteiger partial charge in [-0.05, 0) is 31.2 Å². The highest BCUT2D eigenvalue weighted by Crippen LogP contribution is 2.09. The molecule has 1 aliphatic rings. The SMILES string of the molecule is N#Cc1cccc(C(=O)N2CCCNCC2)c1. The average molecular weight is 229 g/mol. The van der Waals surface area contributed by atoms with Gasteiger partial charge in [0.25, 0.3) is 5.91 Å². The topological polar surface area (TPSA) is 56.1 Å². The molecule has 17 heavy (non-hydrogen) atoms. The van der Waals surface area contributed by atoms with Crippen LogP contribution >= 0.6 is 0 Å². The minimum Gasteiger partial charge on any atom is -0.337 e. The Morgan fingerprint density at radius 2 is 2.24 bits per heavy atom. The lowest BCUT2D eigenvalue weighted by Gasteiger charge is -2.19. The van der Waals surface area contributed by atoms with Gasteiger partial charge in [-0.1, -0.05) is 6.07 Å². The van der Waals surface area contributed by atoms with Gasteiger partial charge in [-0.3, -0.25) is 4.79 Å².